The van der Waals surface area contributed by atoms with Gasteiger partial charge in [0, 0.05) is 36.7 Å². The third kappa shape index (κ3) is 5.70. The van der Waals surface area contributed by atoms with E-state index in [4.69, 9.17) is 14.2 Å². The summed E-state index contributed by atoms with van der Waals surface area (Å²) in [5.41, 5.74) is 2.38. The number of carbonyl (C=O) groups excluding carboxylic acids is 1. The largest absolute Gasteiger partial charge is 0.493 e. The number of rotatable bonds is 9. The summed E-state index contributed by atoms with van der Waals surface area (Å²) < 4.78 is 17.7. The second kappa shape index (κ2) is 10.1. The summed E-state index contributed by atoms with van der Waals surface area (Å²) in [4.78, 5) is 12.3. The molecule has 0 aliphatic carbocycles. The Labute approximate surface area is 169 Å². The van der Waals surface area contributed by atoms with Gasteiger partial charge in [-0.15, -0.1) is 0 Å². The zero-order valence-corrected chi connectivity index (χ0v) is 16.4. The summed E-state index contributed by atoms with van der Waals surface area (Å²) in [7, 11) is 3.17. The minimum atomic E-state index is -0.259. The van der Waals surface area contributed by atoms with E-state index in [1.165, 1.54) is 6.08 Å². The number of methoxy groups -OCH3 is 2. The van der Waals surface area contributed by atoms with Crippen LogP contribution in [0.5, 0.6) is 11.5 Å². The molecule has 0 saturated heterocycles. The van der Waals surface area contributed by atoms with Gasteiger partial charge in [0.25, 0.3) is 0 Å². The van der Waals surface area contributed by atoms with Crippen molar-refractivity contribution in [1.82, 2.24) is 9.78 Å². The van der Waals surface area contributed by atoms with Gasteiger partial charge in [0.2, 0.25) is 5.91 Å². The number of carbonyl (C=O) groups is 1. The van der Waals surface area contributed by atoms with Crippen molar-refractivity contribution >= 4 is 17.7 Å². The fraction of sp³-hybridized carbons (Fsp3) is 0.182. The van der Waals surface area contributed by atoms with E-state index >= 15 is 0 Å². The lowest BCUT2D eigenvalue weighted by atomic mass is 10.2. The number of hydrogen-bond acceptors (Lipinski definition) is 5. The van der Waals surface area contributed by atoms with Gasteiger partial charge in [-0.2, -0.15) is 5.10 Å². The molecule has 1 aromatic heterocycles. The number of nitrogens with one attached hydrogen (secondary N) is 1. The van der Waals surface area contributed by atoms with Crippen LogP contribution >= 0.6 is 0 Å². The molecule has 0 unspecified atom stereocenters. The number of nitrogens with zero attached hydrogens (tertiary/aromatic N) is 2. The number of anilines is 1. The molecule has 0 aliphatic rings. The molecule has 0 bridgehead atoms. The van der Waals surface area contributed by atoms with Crippen LogP contribution in [0, 0.1) is 0 Å². The van der Waals surface area contributed by atoms with E-state index in [1.54, 1.807) is 49.4 Å². The highest BCUT2D eigenvalue weighted by molar-refractivity contribution is 6.02. The van der Waals surface area contributed by atoms with E-state index in [-0.39, 0.29) is 5.91 Å². The molecule has 0 saturated carbocycles. The molecule has 3 aromatic rings. The Morgan fingerprint density at radius 1 is 1.10 bits per heavy atom. The first kappa shape index (κ1) is 20.2. The van der Waals surface area contributed by atoms with E-state index in [0.717, 1.165) is 11.3 Å². The van der Waals surface area contributed by atoms with E-state index in [0.29, 0.717) is 30.4 Å². The highest BCUT2D eigenvalue weighted by Crippen LogP contribution is 2.30. The monoisotopic (exact) mass is 393 g/mol. The average Bonchev–Trinajstić information content (AvgIpc) is 3.22. The van der Waals surface area contributed by atoms with Gasteiger partial charge >= 0.3 is 0 Å². The van der Waals surface area contributed by atoms with Crippen LogP contribution in [0.3, 0.4) is 0 Å². The van der Waals surface area contributed by atoms with Crippen molar-refractivity contribution in [2.45, 2.75) is 0 Å². The predicted molar refractivity (Wildman–Crippen MR) is 112 cm³/mol. The van der Waals surface area contributed by atoms with Crippen LogP contribution in [-0.2, 0) is 9.53 Å². The van der Waals surface area contributed by atoms with Crippen molar-refractivity contribution < 1.29 is 19.0 Å². The Hall–Kier alpha value is -3.58. The Bertz CT molecular complexity index is 967. The van der Waals surface area contributed by atoms with Crippen molar-refractivity contribution in [3.05, 3.63) is 72.6 Å². The van der Waals surface area contributed by atoms with Gasteiger partial charge in [0.05, 0.1) is 25.6 Å². The number of ether oxygens (including phenoxy) is 3. The summed E-state index contributed by atoms with van der Waals surface area (Å²) in [6.07, 6.45) is 6.73. The first-order valence-electron chi connectivity index (χ1n) is 9.08. The van der Waals surface area contributed by atoms with Crippen molar-refractivity contribution in [3.8, 4) is 17.2 Å². The molecular formula is C22H23N3O4. The van der Waals surface area contributed by atoms with Crippen LogP contribution in [0.2, 0.25) is 0 Å². The Morgan fingerprint density at radius 2 is 1.93 bits per heavy atom. The van der Waals surface area contributed by atoms with Crippen LogP contribution in [-0.4, -0.2) is 43.1 Å². The Morgan fingerprint density at radius 3 is 2.69 bits per heavy atom. The van der Waals surface area contributed by atoms with Crippen molar-refractivity contribution in [2.24, 2.45) is 0 Å². The summed E-state index contributed by atoms with van der Waals surface area (Å²) >= 11 is 0. The zero-order chi connectivity index (χ0) is 20.5. The summed E-state index contributed by atoms with van der Waals surface area (Å²) in [5, 5.41) is 7.12. The first-order valence-corrected chi connectivity index (χ1v) is 9.08. The molecule has 0 aliphatic heterocycles. The number of aromatic nitrogens is 2. The van der Waals surface area contributed by atoms with Gasteiger partial charge in [0.1, 0.15) is 6.61 Å². The quantitative estimate of drug-likeness (QED) is 0.444. The molecule has 2 aromatic carbocycles. The van der Waals surface area contributed by atoms with Crippen LogP contribution in [0.1, 0.15) is 5.56 Å². The maximum Gasteiger partial charge on any atom is 0.248 e. The molecule has 1 heterocycles. The molecule has 0 spiro atoms. The van der Waals surface area contributed by atoms with Crippen molar-refractivity contribution in [1.29, 1.82) is 0 Å². The molecule has 3 rings (SSSR count). The topological polar surface area (TPSA) is 74.6 Å². The third-order valence-electron chi connectivity index (χ3n) is 4.03. The maximum absolute atomic E-state index is 12.3. The fourth-order valence-electron chi connectivity index (χ4n) is 2.60. The standard InChI is InChI=1S/C22H23N3O4/c1-27-12-13-29-21-14-18(9-10-20(21)28-2)24-22(26)11-8-17-15-23-25(16-17)19-6-4-3-5-7-19/h3-11,14-16H,12-13H2,1-2H3,(H,24,26)/b11-8+. The van der Waals surface area contributed by atoms with Crippen LogP contribution in [0.15, 0.2) is 67.0 Å². The molecule has 1 amide bonds. The average molecular weight is 393 g/mol. The van der Waals surface area contributed by atoms with E-state index in [2.05, 4.69) is 10.4 Å². The summed E-state index contributed by atoms with van der Waals surface area (Å²) in [6, 6.07) is 15.0. The molecule has 0 fully saturated rings. The second-order valence-electron chi connectivity index (χ2n) is 6.08. The maximum atomic E-state index is 12.3. The van der Waals surface area contributed by atoms with Gasteiger partial charge in [-0.3, -0.25) is 4.79 Å². The molecule has 0 radical (unpaired) electrons. The number of benzene rings is 2. The van der Waals surface area contributed by atoms with E-state index in [9.17, 15) is 4.79 Å². The van der Waals surface area contributed by atoms with Crippen LogP contribution in [0.25, 0.3) is 11.8 Å². The SMILES string of the molecule is COCCOc1cc(NC(=O)/C=C/c2cnn(-c3ccccc3)c2)ccc1OC. The van der Waals surface area contributed by atoms with Gasteiger partial charge in [0.15, 0.2) is 11.5 Å². The molecule has 1 N–H and O–H groups in total. The highest BCUT2D eigenvalue weighted by Gasteiger charge is 2.07. The molecule has 29 heavy (non-hydrogen) atoms. The van der Waals surface area contributed by atoms with Gasteiger partial charge in [-0.1, -0.05) is 18.2 Å². The van der Waals surface area contributed by atoms with Crippen molar-refractivity contribution in [3.63, 3.8) is 0 Å². The molecule has 0 atom stereocenters. The van der Waals surface area contributed by atoms with Gasteiger partial charge in [-0.05, 0) is 30.3 Å². The Balaban J connectivity index is 1.63. The lowest BCUT2D eigenvalue weighted by Gasteiger charge is -2.12. The third-order valence-corrected chi connectivity index (χ3v) is 4.03. The van der Waals surface area contributed by atoms with Crippen LogP contribution in [0.4, 0.5) is 5.69 Å². The van der Waals surface area contributed by atoms with E-state index in [1.807, 2.05) is 36.5 Å². The minimum absolute atomic E-state index is 0.259. The second-order valence-corrected chi connectivity index (χ2v) is 6.08. The molecule has 150 valence electrons. The van der Waals surface area contributed by atoms with Crippen LogP contribution < -0.4 is 14.8 Å². The normalized spacial score (nSPS) is 10.8. The highest BCUT2D eigenvalue weighted by atomic mass is 16.5. The zero-order valence-electron chi connectivity index (χ0n) is 16.4. The fourth-order valence-corrected chi connectivity index (χ4v) is 2.60. The van der Waals surface area contributed by atoms with Gasteiger partial charge < -0.3 is 19.5 Å². The Kier molecular flexibility index (Phi) is 7.02. The first-order chi connectivity index (χ1) is 14.2. The van der Waals surface area contributed by atoms with Gasteiger partial charge in [-0.25, -0.2) is 4.68 Å². The predicted octanol–water partition coefficient (Wildman–Crippen LogP) is 3.56. The molecular weight excluding hydrogens is 370 g/mol. The molecule has 7 heteroatoms. The molecule has 7 nitrogen and oxygen atoms in total. The smallest absolute Gasteiger partial charge is 0.248 e. The van der Waals surface area contributed by atoms with E-state index < -0.39 is 0 Å². The summed E-state index contributed by atoms with van der Waals surface area (Å²) in [6.45, 7) is 0.842. The van der Waals surface area contributed by atoms with Crippen molar-refractivity contribution in [2.75, 3.05) is 32.8 Å². The lowest BCUT2D eigenvalue weighted by molar-refractivity contribution is -0.111. The number of amides is 1. The summed E-state index contributed by atoms with van der Waals surface area (Å²) in [5.74, 6) is 0.865. The number of hydrogen-bond donors (Lipinski definition) is 1. The lowest BCUT2D eigenvalue weighted by Crippen LogP contribution is -2.09. The number of para-hydroxylation sites is 1. The minimum Gasteiger partial charge on any atom is -0.493 e.